The molecule has 156 valence electrons. The summed E-state index contributed by atoms with van der Waals surface area (Å²) in [7, 11) is -3.62. The smallest absolute Gasteiger partial charge is 0.243 e. The average molecular weight is 408 g/mol. The molecule has 0 spiro atoms. The van der Waals surface area contributed by atoms with Gasteiger partial charge in [0.05, 0.1) is 4.90 Å². The van der Waals surface area contributed by atoms with Crippen molar-refractivity contribution >= 4 is 15.9 Å². The second-order valence-electron chi connectivity index (χ2n) is 7.97. The Labute approximate surface area is 169 Å². The number of nitrogens with one attached hydrogen (secondary N) is 1. The average Bonchev–Trinajstić information content (AvgIpc) is 3.20. The van der Waals surface area contributed by atoms with E-state index in [0.29, 0.717) is 25.6 Å². The number of sulfonamides is 1. The molecule has 2 aliphatic heterocycles. The molecule has 0 aliphatic carbocycles. The lowest BCUT2D eigenvalue weighted by atomic mass is 10.0. The number of piperidine rings is 1. The predicted octanol–water partition coefficient (Wildman–Crippen LogP) is 2.61. The molecule has 1 aromatic carbocycles. The van der Waals surface area contributed by atoms with Crippen molar-refractivity contribution in [2.24, 2.45) is 0 Å². The summed E-state index contributed by atoms with van der Waals surface area (Å²) in [5, 5.41) is 2.96. The number of nitrogens with zero attached hydrogens (tertiary/aromatic N) is 2. The van der Waals surface area contributed by atoms with Crippen LogP contribution in [0.15, 0.2) is 35.2 Å². The summed E-state index contributed by atoms with van der Waals surface area (Å²) in [6.45, 7) is 5.57. The van der Waals surface area contributed by atoms with Gasteiger partial charge >= 0.3 is 0 Å². The molecule has 2 atom stereocenters. The Morgan fingerprint density at radius 2 is 1.86 bits per heavy atom. The Morgan fingerprint density at radius 3 is 2.61 bits per heavy atom. The van der Waals surface area contributed by atoms with Crippen molar-refractivity contribution in [1.29, 1.82) is 0 Å². The van der Waals surface area contributed by atoms with Crippen LogP contribution < -0.4 is 5.32 Å². The first-order valence-electron chi connectivity index (χ1n) is 10.6. The third-order valence-electron chi connectivity index (χ3n) is 5.97. The first kappa shape index (κ1) is 21.3. The van der Waals surface area contributed by atoms with Crippen molar-refractivity contribution in [3.05, 3.63) is 30.3 Å². The Bertz CT molecular complexity index is 739. The minimum atomic E-state index is -3.62. The minimum absolute atomic E-state index is 0.164. The minimum Gasteiger partial charge on any atom is -0.355 e. The number of unbranched alkanes of at least 4 members (excludes halogenated alkanes) is 1. The summed E-state index contributed by atoms with van der Waals surface area (Å²) in [6, 6.07) is 8.46. The van der Waals surface area contributed by atoms with E-state index in [-0.39, 0.29) is 10.8 Å². The van der Waals surface area contributed by atoms with Crippen LogP contribution in [0, 0.1) is 0 Å². The third-order valence-corrected chi connectivity index (χ3v) is 7.89. The first-order valence-corrected chi connectivity index (χ1v) is 12.0. The summed E-state index contributed by atoms with van der Waals surface area (Å²) < 4.78 is 27.1. The topological polar surface area (TPSA) is 69.7 Å². The molecule has 2 saturated heterocycles. The van der Waals surface area contributed by atoms with Crippen LogP contribution in [0.2, 0.25) is 0 Å². The van der Waals surface area contributed by atoms with E-state index in [9.17, 15) is 13.2 Å². The van der Waals surface area contributed by atoms with Crippen LogP contribution in [0.1, 0.15) is 51.9 Å². The first-order chi connectivity index (χ1) is 13.5. The standard InChI is InChI=1S/C21H33N3O3S/c1-18-10-5-7-15-23(18)16-8-6-14-22-21(25)20-13-9-17-24(20)28(26,27)19-11-3-2-4-12-19/h2-4,11-12,18,20H,5-10,13-17H2,1H3,(H,22,25)/t18-,20-/m1/s1. The van der Waals surface area contributed by atoms with Crippen molar-refractivity contribution in [3.63, 3.8) is 0 Å². The number of amides is 1. The maximum absolute atomic E-state index is 12.9. The highest BCUT2D eigenvalue weighted by Gasteiger charge is 2.39. The van der Waals surface area contributed by atoms with E-state index < -0.39 is 16.1 Å². The fraction of sp³-hybridized carbons (Fsp3) is 0.667. The van der Waals surface area contributed by atoms with E-state index >= 15 is 0 Å². The Kier molecular flexibility index (Phi) is 7.48. The van der Waals surface area contributed by atoms with Gasteiger partial charge in [-0.25, -0.2) is 8.42 Å². The molecule has 0 aromatic heterocycles. The molecule has 0 bridgehead atoms. The third kappa shape index (κ3) is 5.13. The van der Waals surface area contributed by atoms with Gasteiger partial charge in [-0.2, -0.15) is 4.31 Å². The van der Waals surface area contributed by atoms with Gasteiger partial charge in [0, 0.05) is 19.1 Å². The maximum Gasteiger partial charge on any atom is 0.243 e. The normalized spacial score (nSPS) is 24.3. The second-order valence-corrected chi connectivity index (χ2v) is 9.86. The maximum atomic E-state index is 12.9. The lowest BCUT2D eigenvalue weighted by molar-refractivity contribution is -0.124. The molecule has 0 radical (unpaired) electrons. The highest BCUT2D eigenvalue weighted by atomic mass is 32.2. The van der Waals surface area contributed by atoms with Gasteiger partial charge in [0.1, 0.15) is 6.04 Å². The van der Waals surface area contributed by atoms with E-state index in [2.05, 4.69) is 17.1 Å². The van der Waals surface area contributed by atoms with Gasteiger partial charge in [-0.15, -0.1) is 0 Å². The van der Waals surface area contributed by atoms with E-state index in [1.807, 2.05) is 0 Å². The molecule has 2 heterocycles. The van der Waals surface area contributed by atoms with Gasteiger partial charge in [0.15, 0.2) is 0 Å². The van der Waals surface area contributed by atoms with E-state index in [1.165, 1.54) is 30.1 Å². The van der Waals surface area contributed by atoms with Crippen molar-refractivity contribution in [3.8, 4) is 0 Å². The number of hydrogen-bond acceptors (Lipinski definition) is 4. The molecule has 0 unspecified atom stereocenters. The molecule has 28 heavy (non-hydrogen) atoms. The summed E-state index contributed by atoms with van der Waals surface area (Å²) in [5.74, 6) is -0.164. The van der Waals surface area contributed by atoms with Gasteiger partial charge in [-0.05, 0) is 70.7 Å². The Hall–Kier alpha value is -1.44. The van der Waals surface area contributed by atoms with Gasteiger partial charge in [0.25, 0.3) is 0 Å². The van der Waals surface area contributed by atoms with Crippen LogP contribution in [0.5, 0.6) is 0 Å². The van der Waals surface area contributed by atoms with Gasteiger partial charge in [-0.3, -0.25) is 4.79 Å². The molecule has 3 rings (SSSR count). The predicted molar refractivity (Wildman–Crippen MR) is 110 cm³/mol. The molecule has 1 amide bonds. The number of hydrogen-bond donors (Lipinski definition) is 1. The van der Waals surface area contributed by atoms with Crippen LogP contribution >= 0.6 is 0 Å². The monoisotopic (exact) mass is 407 g/mol. The zero-order valence-electron chi connectivity index (χ0n) is 16.8. The fourth-order valence-corrected chi connectivity index (χ4v) is 5.95. The van der Waals surface area contributed by atoms with Crippen molar-refractivity contribution < 1.29 is 13.2 Å². The lowest BCUT2D eigenvalue weighted by Crippen LogP contribution is -2.46. The largest absolute Gasteiger partial charge is 0.355 e. The van der Waals surface area contributed by atoms with Crippen LogP contribution in [-0.2, 0) is 14.8 Å². The van der Waals surface area contributed by atoms with Gasteiger partial charge < -0.3 is 10.2 Å². The van der Waals surface area contributed by atoms with Gasteiger partial charge in [-0.1, -0.05) is 24.6 Å². The van der Waals surface area contributed by atoms with Gasteiger partial charge in [0.2, 0.25) is 15.9 Å². The zero-order valence-corrected chi connectivity index (χ0v) is 17.7. The molecule has 6 nitrogen and oxygen atoms in total. The van der Waals surface area contributed by atoms with Crippen molar-refractivity contribution in [1.82, 2.24) is 14.5 Å². The number of carbonyl (C=O) groups is 1. The van der Waals surface area contributed by atoms with Crippen LogP contribution in [-0.4, -0.2) is 61.8 Å². The van der Waals surface area contributed by atoms with Crippen molar-refractivity contribution in [2.45, 2.75) is 68.8 Å². The zero-order chi connectivity index (χ0) is 20.0. The molecular formula is C21H33N3O3S. The summed E-state index contributed by atoms with van der Waals surface area (Å²) in [4.78, 5) is 15.4. The van der Waals surface area contributed by atoms with Crippen LogP contribution in [0.3, 0.4) is 0 Å². The van der Waals surface area contributed by atoms with Crippen molar-refractivity contribution in [2.75, 3.05) is 26.2 Å². The Balaban J connectivity index is 1.46. The van der Waals surface area contributed by atoms with Crippen LogP contribution in [0.25, 0.3) is 0 Å². The molecular weight excluding hydrogens is 374 g/mol. The highest BCUT2D eigenvalue weighted by Crippen LogP contribution is 2.26. The quantitative estimate of drug-likeness (QED) is 0.673. The number of rotatable bonds is 8. The van der Waals surface area contributed by atoms with E-state index in [0.717, 1.165) is 25.8 Å². The lowest BCUT2D eigenvalue weighted by Gasteiger charge is -2.33. The second kappa shape index (κ2) is 9.85. The summed E-state index contributed by atoms with van der Waals surface area (Å²) in [5.41, 5.74) is 0. The Morgan fingerprint density at radius 1 is 1.07 bits per heavy atom. The molecule has 2 fully saturated rings. The van der Waals surface area contributed by atoms with E-state index in [1.54, 1.807) is 30.3 Å². The molecule has 1 N–H and O–H groups in total. The number of carbonyl (C=O) groups excluding carboxylic acids is 1. The molecule has 0 saturated carbocycles. The fourth-order valence-electron chi connectivity index (χ4n) is 4.28. The number of benzene rings is 1. The van der Waals surface area contributed by atoms with E-state index in [4.69, 9.17) is 0 Å². The molecule has 2 aliphatic rings. The SMILES string of the molecule is C[C@@H]1CCCCN1CCCCNC(=O)[C@H]1CCCN1S(=O)(=O)c1ccccc1. The van der Waals surface area contributed by atoms with Crippen LogP contribution in [0.4, 0.5) is 0 Å². The summed E-state index contributed by atoms with van der Waals surface area (Å²) in [6.07, 6.45) is 7.19. The molecule has 1 aromatic rings. The summed E-state index contributed by atoms with van der Waals surface area (Å²) >= 11 is 0. The highest BCUT2D eigenvalue weighted by molar-refractivity contribution is 7.89. The number of likely N-dealkylation sites (tertiary alicyclic amines) is 1. The molecule has 7 heteroatoms.